The predicted molar refractivity (Wildman–Crippen MR) is 62.4 cm³/mol. The molecule has 2 heteroatoms. The number of nitrogens with zero attached hydrogens (tertiary/aromatic N) is 1. The lowest BCUT2D eigenvalue weighted by molar-refractivity contribution is 0.00278. The van der Waals surface area contributed by atoms with Gasteiger partial charge in [-0.1, -0.05) is 26.0 Å². The first-order valence-corrected chi connectivity index (χ1v) is 5.40. The standard InChI is InChI=1S/C12H25NO/c1-7-10(3)9-11(14)12(4,8-2)13(5)6/h11,14H,3,7-9H2,1-2,4-6H3. The summed E-state index contributed by atoms with van der Waals surface area (Å²) in [4.78, 5) is 2.10. The Kier molecular flexibility index (Phi) is 5.38. The third-order valence-corrected chi connectivity index (χ3v) is 3.44. The van der Waals surface area contributed by atoms with Crippen LogP contribution in [-0.2, 0) is 0 Å². The van der Waals surface area contributed by atoms with Crippen LogP contribution in [0.2, 0.25) is 0 Å². The second-order valence-electron chi connectivity index (χ2n) is 4.43. The van der Waals surface area contributed by atoms with Gasteiger partial charge >= 0.3 is 0 Å². The average Bonchev–Trinajstić information content (AvgIpc) is 2.15. The summed E-state index contributed by atoms with van der Waals surface area (Å²) in [6.07, 6.45) is 2.27. The maximum atomic E-state index is 10.1. The Morgan fingerprint density at radius 3 is 2.21 bits per heavy atom. The minimum absolute atomic E-state index is 0.141. The van der Waals surface area contributed by atoms with Crippen molar-refractivity contribution in [2.24, 2.45) is 0 Å². The molecular formula is C12H25NO. The fraction of sp³-hybridized carbons (Fsp3) is 0.833. The fourth-order valence-corrected chi connectivity index (χ4v) is 1.49. The summed E-state index contributed by atoms with van der Waals surface area (Å²) in [5, 5.41) is 10.1. The van der Waals surface area contributed by atoms with Gasteiger partial charge in [0.2, 0.25) is 0 Å². The van der Waals surface area contributed by atoms with Gasteiger partial charge in [0.05, 0.1) is 6.10 Å². The highest BCUT2D eigenvalue weighted by Crippen LogP contribution is 2.25. The summed E-state index contributed by atoms with van der Waals surface area (Å²) in [7, 11) is 4.03. The van der Waals surface area contributed by atoms with Crippen molar-refractivity contribution in [3.8, 4) is 0 Å². The van der Waals surface area contributed by atoms with Crippen LogP contribution >= 0.6 is 0 Å². The van der Waals surface area contributed by atoms with Gasteiger partial charge in [0.15, 0.2) is 0 Å². The summed E-state index contributed by atoms with van der Waals surface area (Å²) in [6, 6.07) is 0. The molecule has 0 aromatic rings. The highest BCUT2D eigenvalue weighted by atomic mass is 16.3. The zero-order valence-corrected chi connectivity index (χ0v) is 10.3. The van der Waals surface area contributed by atoms with Gasteiger partial charge in [0, 0.05) is 5.54 Å². The number of aliphatic hydroxyl groups excluding tert-OH is 1. The van der Waals surface area contributed by atoms with Gasteiger partial charge in [-0.05, 0) is 40.3 Å². The van der Waals surface area contributed by atoms with Gasteiger partial charge in [0.25, 0.3) is 0 Å². The van der Waals surface area contributed by atoms with Gasteiger partial charge < -0.3 is 10.0 Å². The van der Waals surface area contributed by atoms with Crippen molar-refractivity contribution in [2.75, 3.05) is 14.1 Å². The van der Waals surface area contributed by atoms with E-state index >= 15 is 0 Å². The SMILES string of the molecule is C=C(CC)CC(O)C(C)(CC)N(C)C. The first-order chi connectivity index (χ1) is 6.38. The van der Waals surface area contributed by atoms with Crippen molar-refractivity contribution in [1.82, 2.24) is 4.90 Å². The molecule has 2 atom stereocenters. The summed E-state index contributed by atoms with van der Waals surface area (Å²) < 4.78 is 0. The minimum Gasteiger partial charge on any atom is -0.391 e. The highest BCUT2D eigenvalue weighted by molar-refractivity contribution is 5.01. The first kappa shape index (κ1) is 13.7. The molecule has 14 heavy (non-hydrogen) atoms. The Balaban J connectivity index is 4.45. The third-order valence-electron chi connectivity index (χ3n) is 3.44. The van der Waals surface area contributed by atoms with Gasteiger partial charge in [-0.15, -0.1) is 0 Å². The molecule has 0 aromatic heterocycles. The zero-order chi connectivity index (χ0) is 11.4. The molecule has 0 radical (unpaired) electrons. The smallest absolute Gasteiger partial charge is 0.0757 e. The van der Waals surface area contributed by atoms with Crippen molar-refractivity contribution in [3.05, 3.63) is 12.2 Å². The van der Waals surface area contributed by atoms with Crippen LogP contribution < -0.4 is 0 Å². The van der Waals surface area contributed by atoms with Crippen LogP contribution in [0.4, 0.5) is 0 Å². The monoisotopic (exact) mass is 199 g/mol. The second kappa shape index (κ2) is 5.52. The largest absolute Gasteiger partial charge is 0.391 e. The van der Waals surface area contributed by atoms with Crippen LogP contribution in [0.3, 0.4) is 0 Å². The van der Waals surface area contributed by atoms with E-state index in [1.54, 1.807) is 0 Å². The minimum atomic E-state index is -0.324. The van der Waals surface area contributed by atoms with Gasteiger partial charge in [-0.3, -0.25) is 0 Å². The highest BCUT2D eigenvalue weighted by Gasteiger charge is 2.33. The lowest BCUT2D eigenvalue weighted by atomic mass is 9.86. The lowest BCUT2D eigenvalue weighted by Crippen LogP contribution is -2.50. The van der Waals surface area contributed by atoms with Crippen LogP contribution in [0, 0.1) is 0 Å². The molecule has 84 valence electrons. The average molecular weight is 199 g/mol. The lowest BCUT2D eigenvalue weighted by Gasteiger charge is -2.40. The molecule has 1 N–H and O–H groups in total. The van der Waals surface area contributed by atoms with Crippen LogP contribution in [0.15, 0.2) is 12.2 Å². The second-order valence-corrected chi connectivity index (χ2v) is 4.43. The zero-order valence-electron chi connectivity index (χ0n) is 10.3. The molecule has 0 amide bonds. The molecule has 0 rings (SSSR count). The molecule has 0 saturated heterocycles. The maximum Gasteiger partial charge on any atom is 0.0757 e. The number of hydrogen-bond acceptors (Lipinski definition) is 2. The van der Waals surface area contributed by atoms with E-state index in [9.17, 15) is 5.11 Å². The number of aliphatic hydroxyl groups is 1. The molecule has 0 aromatic carbocycles. The molecule has 2 unspecified atom stereocenters. The number of hydrogen-bond donors (Lipinski definition) is 1. The van der Waals surface area contributed by atoms with Gasteiger partial charge in [-0.2, -0.15) is 0 Å². The Hall–Kier alpha value is -0.340. The van der Waals surface area contributed by atoms with E-state index in [1.807, 2.05) is 14.1 Å². The molecule has 0 bridgehead atoms. The first-order valence-electron chi connectivity index (χ1n) is 5.40. The van der Waals surface area contributed by atoms with Crippen LogP contribution in [0.1, 0.15) is 40.0 Å². The van der Waals surface area contributed by atoms with E-state index in [4.69, 9.17) is 0 Å². The Morgan fingerprint density at radius 1 is 1.43 bits per heavy atom. The molecule has 0 heterocycles. The topological polar surface area (TPSA) is 23.5 Å². The summed E-state index contributed by atoms with van der Waals surface area (Å²) in [5.41, 5.74) is 0.983. The predicted octanol–water partition coefficient (Wildman–Crippen LogP) is 2.43. The Labute approximate surface area is 88.6 Å². The van der Waals surface area contributed by atoms with E-state index in [0.29, 0.717) is 6.42 Å². The quantitative estimate of drug-likeness (QED) is 0.664. The molecular weight excluding hydrogens is 174 g/mol. The molecule has 0 aliphatic heterocycles. The summed E-state index contributed by atoms with van der Waals surface area (Å²) in [6.45, 7) is 10.2. The molecule has 0 spiro atoms. The molecule has 0 saturated carbocycles. The summed E-state index contributed by atoms with van der Waals surface area (Å²) >= 11 is 0. The van der Waals surface area contributed by atoms with Crippen molar-refractivity contribution in [2.45, 2.75) is 51.7 Å². The summed E-state index contributed by atoms with van der Waals surface area (Å²) in [5.74, 6) is 0. The number of rotatable bonds is 6. The van der Waals surface area contributed by atoms with Gasteiger partial charge in [-0.25, -0.2) is 0 Å². The molecule has 2 nitrogen and oxygen atoms in total. The molecule has 0 fully saturated rings. The van der Waals surface area contributed by atoms with Crippen molar-refractivity contribution in [3.63, 3.8) is 0 Å². The molecule has 0 aliphatic rings. The van der Waals surface area contributed by atoms with E-state index in [0.717, 1.165) is 18.4 Å². The van der Waals surface area contributed by atoms with Gasteiger partial charge in [0.1, 0.15) is 0 Å². The van der Waals surface area contributed by atoms with E-state index in [1.165, 1.54) is 0 Å². The van der Waals surface area contributed by atoms with Crippen LogP contribution in [0.25, 0.3) is 0 Å². The number of likely N-dealkylation sites (N-methyl/N-ethyl adjacent to an activating group) is 1. The Morgan fingerprint density at radius 2 is 1.93 bits per heavy atom. The van der Waals surface area contributed by atoms with Crippen molar-refractivity contribution in [1.29, 1.82) is 0 Å². The fourth-order valence-electron chi connectivity index (χ4n) is 1.49. The van der Waals surface area contributed by atoms with E-state index in [2.05, 4.69) is 32.3 Å². The molecule has 0 aliphatic carbocycles. The third kappa shape index (κ3) is 3.10. The van der Waals surface area contributed by atoms with Crippen molar-refractivity contribution < 1.29 is 5.11 Å². The van der Waals surface area contributed by atoms with E-state index < -0.39 is 0 Å². The van der Waals surface area contributed by atoms with Crippen molar-refractivity contribution >= 4 is 0 Å². The van der Waals surface area contributed by atoms with Crippen LogP contribution in [-0.4, -0.2) is 35.7 Å². The van der Waals surface area contributed by atoms with E-state index in [-0.39, 0.29) is 11.6 Å². The Bertz CT molecular complexity index is 189. The van der Waals surface area contributed by atoms with Crippen LogP contribution in [0.5, 0.6) is 0 Å². The maximum absolute atomic E-state index is 10.1. The normalized spacial score (nSPS) is 17.9.